The van der Waals surface area contributed by atoms with Gasteiger partial charge in [-0.2, -0.15) is 0 Å². The summed E-state index contributed by atoms with van der Waals surface area (Å²) in [6, 6.07) is 25.9. The lowest BCUT2D eigenvalue weighted by Gasteiger charge is -2.35. The summed E-state index contributed by atoms with van der Waals surface area (Å²) in [5.74, 6) is -0.596. The van der Waals surface area contributed by atoms with Crippen molar-refractivity contribution in [2.75, 3.05) is 25.1 Å². The van der Waals surface area contributed by atoms with Crippen LogP contribution in [0.25, 0.3) is 0 Å². The molecule has 2 amide bonds. The highest BCUT2D eigenvalue weighted by molar-refractivity contribution is 7.92. The van der Waals surface area contributed by atoms with E-state index in [2.05, 4.69) is 5.32 Å². The molecule has 0 aliphatic rings. The van der Waals surface area contributed by atoms with Gasteiger partial charge in [-0.05, 0) is 92.6 Å². The lowest BCUT2D eigenvalue weighted by atomic mass is 10.0. The number of amides is 2. The maximum atomic E-state index is 14.5. The number of nitrogens with zero attached hydrogens (tertiary/aromatic N) is 2. The monoisotopic (exact) mass is 661 g/mol. The molecule has 4 aromatic carbocycles. The molecular formula is C36H40FN3O6S. The van der Waals surface area contributed by atoms with Crippen LogP contribution in [0.4, 0.5) is 10.1 Å². The normalized spacial score (nSPS) is 12.1. The first-order valence-electron chi connectivity index (χ1n) is 15.0. The van der Waals surface area contributed by atoms with E-state index in [1.54, 1.807) is 24.3 Å². The van der Waals surface area contributed by atoms with Gasteiger partial charge in [-0.3, -0.25) is 13.9 Å². The van der Waals surface area contributed by atoms with Crippen LogP contribution in [0.5, 0.6) is 11.5 Å². The van der Waals surface area contributed by atoms with Crippen LogP contribution < -0.4 is 19.1 Å². The fraction of sp³-hybridized carbons (Fsp3) is 0.278. The van der Waals surface area contributed by atoms with Crippen molar-refractivity contribution in [3.05, 3.63) is 120 Å². The molecule has 0 fully saturated rings. The van der Waals surface area contributed by atoms with Crippen LogP contribution in [0.15, 0.2) is 108 Å². The molecule has 4 aromatic rings. The zero-order chi connectivity index (χ0) is 34.2. The Bertz CT molecular complexity index is 1760. The lowest BCUT2D eigenvalue weighted by Crippen LogP contribution is -2.56. The standard InChI is InChI=1S/C36H40FN3O6S/c1-36(2,3)38-35(42)33(23-26-10-7-6-8-11-26)39(24-27-12-9-13-31(22-27)46-5)34(41)25-40(29-16-14-28(37)15-17-29)47(43,44)32-20-18-30(45-4)19-21-32/h6-22,33H,23-25H2,1-5H3,(H,38,42)/t33-/m0/s1. The summed E-state index contributed by atoms with van der Waals surface area (Å²) in [7, 11) is -1.36. The van der Waals surface area contributed by atoms with Crippen LogP contribution in [0.1, 0.15) is 31.9 Å². The third-order valence-corrected chi connectivity index (χ3v) is 9.09. The van der Waals surface area contributed by atoms with Crippen LogP contribution >= 0.6 is 0 Å². The summed E-state index contributed by atoms with van der Waals surface area (Å²) in [6.45, 7) is 4.84. The molecule has 0 radical (unpaired) electrons. The quantitative estimate of drug-likeness (QED) is 0.200. The molecule has 1 N–H and O–H groups in total. The van der Waals surface area contributed by atoms with Crippen LogP contribution in [0, 0.1) is 5.82 Å². The summed E-state index contributed by atoms with van der Waals surface area (Å²) < 4.78 is 53.7. The van der Waals surface area contributed by atoms with E-state index in [0.29, 0.717) is 17.1 Å². The molecule has 0 unspecified atom stereocenters. The minimum atomic E-state index is -4.35. The molecule has 248 valence electrons. The highest BCUT2D eigenvalue weighted by Gasteiger charge is 2.35. The van der Waals surface area contributed by atoms with Gasteiger partial charge in [-0.1, -0.05) is 42.5 Å². The van der Waals surface area contributed by atoms with E-state index in [-0.39, 0.29) is 23.5 Å². The highest BCUT2D eigenvalue weighted by Crippen LogP contribution is 2.27. The average Bonchev–Trinajstić information content (AvgIpc) is 3.05. The number of anilines is 1. The summed E-state index contributed by atoms with van der Waals surface area (Å²) in [6.07, 6.45) is 0.167. The number of hydrogen-bond donors (Lipinski definition) is 1. The molecule has 4 rings (SSSR count). The molecule has 9 nitrogen and oxygen atoms in total. The number of nitrogens with one attached hydrogen (secondary N) is 1. The molecule has 0 spiro atoms. The number of methoxy groups -OCH3 is 2. The molecule has 0 saturated heterocycles. The second kappa shape index (κ2) is 15.1. The second-order valence-corrected chi connectivity index (χ2v) is 13.8. The number of benzene rings is 4. The number of carbonyl (C=O) groups is 2. The van der Waals surface area contributed by atoms with E-state index in [4.69, 9.17) is 9.47 Å². The van der Waals surface area contributed by atoms with Gasteiger partial charge in [0, 0.05) is 18.5 Å². The van der Waals surface area contributed by atoms with Gasteiger partial charge >= 0.3 is 0 Å². The minimum absolute atomic E-state index is 0.0229. The van der Waals surface area contributed by atoms with Crippen molar-refractivity contribution in [2.45, 2.75) is 50.2 Å². The van der Waals surface area contributed by atoms with Gasteiger partial charge < -0.3 is 19.7 Å². The zero-order valence-electron chi connectivity index (χ0n) is 27.1. The molecule has 0 aromatic heterocycles. The van der Waals surface area contributed by atoms with Crippen LogP contribution in [0.2, 0.25) is 0 Å². The Hall–Kier alpha value is -4.90. The Morgan fingerprint density at radius 1 is 0.809 bits per heavy atom. The van der Waals surface area contributed by atoms with Gasteiger partial charge in [0.05, 0.1) is 24.8 Å². The predicted octanol–water partition coefficient (Wildman–Crippen LogP) is 5.59. The van der Waals surface area contributed by atoms with E-state index >= 15 is 0 Å². The second-order valence-electron chi connectivity index (χ2n) is 12.0. The van der Waals surface area contributed by atoms with E-state index in [1.165, 1.54) is 55.5 Å². The van der Waals surface area contributed by atoms with Crippen molar-refractivity contribution in [3.63, 3.8) is 0 Å². The SMILES string of the molecule is COc1ccc(S(=O)(=O)N(CC(=O)N(Cc2cccc(OC)c2)[C@@H](Cc2ccccc2)C(=O)NC(C)(C)C)c2ccc(F)cc2)cc1. The highest BCUT2D eigenvalue weighted by atomic mass is 32.2. The number of halogens is 1. The van der Waals surface area contributed by atoms with E-state index in [0.717, 1.165) is 22.0 Å². The molecule has 47 heavy (non-hydrogen) atoms. The summed E-state index contributed by atoms with van der Waals surface area (Å²) in [5.41, 5.74) is 0.946. The number of rotatable bonds is 13. The molecule has 0 saturated carbocycles. The van der Waals surface area contributed by atoms with Gasteiger partial charge in [-0.25, -0.2) is 12.8 Å². The Labute approximate surface area is 276 Å². The molecule has 11 heteroatoms. The zero-order valence-corrected chi connectivity index (χ0v) is 28.0. The Kier molecular flexibility index (Phi) is 11.3. The fourth-order valence-electron chi connectivity index (χ4n) is 4.99. The number of hydrogen-bond acceptors (Lipinski definition) is 6. The smallest absolute Gasteiger partial charge is 0.264 e. The number of ether oxygens (including phenoxy) is 2. The van der Waals surface area contributed by atoms with Crippen molar-refractivity contribution in [2.24, 2.45) is 0 Å². The van der Waals surface area contributed by atoms with Crippen molar-refractivity contribution in [3.8, 4) is 11.5 Å². The van der Waals surface area contributed by atoms with Gasteiger partial charge in [-0.15, -0.1) is 0 Å². The largest absolute Gasteiger partial charge is 0.497 e. The van der Waals surface area contributed by atoms with Gasteiger partial charge in [0.1, 0.15) is 29.9 Å². The number of sulfonamides is 1. The van der Waals surface area contributed by atoms with Crippen LogP contribution in [-0.2, 0) is 32.6 Å². The van der Waals surface area contributed by atoms with Gasteiger partial charge in [0.2, 0.25) is 11.8 Å². The molecule has 0 bridgehead atoms. The number of carbonyl (C=O) groups excluding carboxylic acids is 2. The Balaban J connectivity index is 1.82. The Morgan fingerprint density at radius 3 is 2.02 bits per heavy atom. The van der Waals surface area contributed by atoms with Gasteiger partial charge in [0.25, 0.3) is 10.0 Å². The molecule has 1 atom stereocenters. The van der Waals surface area contributed by atoms with E-state index in [9.17, 15) is 22.4 Å². The third kappa shape index (κ3) is 9.32. The summed E-state index contributed by atoms with van der Waals surface area (Å²) in [4.78, 5) is 29.8. The van der Waals surface area contributed by atoms with Crippen molar-refractivity contribution in [1.29, 1.82) is 0 Å². The molecular weight excluding hydrogens is 621 g/mol. The first kappa shape index (κ1) is 35.0. The summed E-state index contributed by atoms with van der Waals surface area (Å²) >= 11 is 0. The van der Waals surface area contributed by atoms with Crippen molar-refractivity contribution in [1.82, 2.24) is 10.2 Å². The maximum absolute atomic E-state index is 14.5. The predicted molar refractivity (Wildman–Crippen MR) is 179 cm³/mol. The van der Waals surface area contributed by atoms with E-state index in [1.807, 2.05) is 51.1 Å². The van der Waals surface area contributed by atoms with E-state index < -0.39 is 45.8 Å². The Morgan fingerprint density at radius 2 is 1.43 bits per heavy atom. The van der Waals surface area contributed by atoms with Crippen LogP contribution in [0.3, 0.4) is 0 Å². The average molecular weight is 662 g/mol. The molecule has 0 aliphatic heterocycles. The molecule has 0 aliphatic carbocycles. The minimum Gasteiger partial charge on any atom is -0.497 e. The third-order valence-electron chi connectivity index (χ3n) is 7.30. The molecule has 0 heterocycles. The van der Waals surface area contributed by atoms with Crippen molar-refractivity contribution >= 4 is 27.5 Å². The lowest BCUT2D eigenvalue weighted by molar-refractivity contribution is -0.140. The summed E-state index contributed by atoms with van der Waals surface area (Å²) in [5, 5.41) is 3.00. The van der Waals surface area contributed by atoms with Gasteiger partial charge in [0.15, 0.2) is 0 Å². The first-order chi connectivity index (χ1) is 22.3. The first-order valence-corrected chi connectivity index (χ1v) is 16.5. The van der Waals surface area contributed by atoms with Crippen LogP contribution in [-0.4, -0.2) is 57.5 Å². The van der Waals surface area contributed by atoms with Crippen molar-refractivity contribution < 1.29 is 31.9 Å². The fourth-order valence-corrected chi connectivity index (χ4v) is 6.40. The topological polar surface area (TPSA) is 105 Å². The maximum Gasteiger partial charge on any atom is 0.264 e.